The molecule has 29 heavy (non-hydrogen) atoms. The fourth-order valence-electron chi connectivity index (χ4n) is 3.41. The summed E-state index contributed by atoms with van der Waals surface area (Å²) in [5.41, 5.74) is 0.902. The molecular formula is C21H33NO6Si. The molecule has 0 bridgehead atoms. The lowest BCUT2D eigenvalue weighted by molar-refractivity contribution is -0.336. The molecule has 2 aliphatic rings. The SMILES string of the molecule is CC(=O)NC1C(O)OC2COC(c3ccccc3)OC2C1O[Si](C)(C)C(C)(C)C. The minimum absolute atomic E-state index is 0.0451. The third-order valence-corrected chi connectivity index (χ3v) is 10.5. The quantitative estimate of drug-likeness (QED) is 0.724. The Morgan fingerprint density at radius 2 is 1.86 bits per heavy atom. The Bertz CT molecular complexity index is 707. The van der Waals surface area contributed by atoms with E-state index in [0.29, 0.717) is 0 Å². The average Bonchev–Trinajstić information content (AvgIpc) is 2.63. The molecule has 0 saturated carbocycles. The molecule has 2 N–H and O–H groups in total. The molecule has 0 spiro atoms. The van der Waals surface area contributed by atoms with Gasteiger partial charge in [-0.05, 0) is 18.1 Å². The number of carbonyl (C=O) groups is 1. The van der Waals surface area contributed by atoms with Crippen LogP contribution in [-0.2, 0) is 23.4 Å². The molecule has 1 aromatic carbocycles. The van der Waals surface area contributed by atoms with Crippen molar-refractivity contribution in [2.75, 3.05) is 6.61 Å². The van der Waals surface area contributed by atoms with Crippen LogP contribution in [0.2, 0.25) is 18.1 Å². The number of amides is 1. The number of rotatable bonds is 4. The highest BCUT2D eigenvalue weighted by Gasteiger charge is 2.53. The van der Waals surface area contributed by atoms with Crippen molar-refractivity contribution in [2.24, 2.45) is 0 Å². The van der Waals surface area contributed by atoms with Crippen molar-refractivity contribution in [1.29, 1.82) is 0 Å². The summed E-state index contributed by atoms with van der Waals surface area (Å²) in [5.74, 6) is -0.258. The van der Waals surface area contributed by atoms with E-state index in [1.807, 2.05) is 30.3 Å². The zero-order chi connectivity index (χ0) is 21.4. The Kier molecular flexibility index (Phi) is 6.52. The van der Waals surface area contributed by atoms with Crippen molar-refractivity contribution in [3.63, 3.8) is 0 Å². The minimum Gasteiger partial charge on any atom is -0.409 e. The first-order valence-electron chi connectivity index (χ1n) is 10.1. The number of hydrogen-bond donors (Lipinski definition) is 2. The van der Waals surface area contributed by atoms with Crippen LogP contribution in [0, 0.1) is 0 Å². The van der Waals surface area contributed by atoms with E-state index >= 15 is 0 Å². The van der Waals surface area contributed by atoms with Crippen molar-refractivity contribution in [2.45, 2.75) is 82.8 Å². The van der Waals surface area contributed by atoms with Crippen LogP contribution in [0.1, 0.15) is 39.5 Å². The summed E-state index contributed by atoms with van der Waals surface area (Å²) in [6.45, 7) is 12.4. The maximum Gasteiger partial charge on any atom is 0.217 e. The lowest BCUT2D eigenvalue weighted by atomic mass is 9.96. The molecule has 8 heteroatoms. The van der Waals surface area contributed by atoms with Gasteiger partial charge in [0.05, 0.1) is 12.7 Å². The van der Waals surface area contributed by atoms with E-state index < -0.39 is 45.3 Å². The number of fused-ring (bicyclic) bond motifs is 1. The van der Waals surface area contributed by atoms with E-state index in [-0.39, 0.29) is 17.6 Å². The maximum atomic E-state index is 11.8. The molecule has 2 heterocycles. The first kappa shape index (κ1) is 22.4. The van der Waals surface area contributed by atoms with Gasteiger partial charge in [0.2, 0.25) is 5.91 Å². The van der Waals surface area contributed by atoms with E-state index in [9.17, 15) is 9.90 Å². The topological polar surface area (TPSA) is 86.3 Å². The van der Waals surface area contributed by atoms with Gasteiger partial charge in [-0.2, -0.15) is 0 Å². The van der Waals surface area contributed by atoms with Crippen molar-refractivity contribution in [3.05, 3.63) is 35.9 Å². The summed E-state index contributed by atoms with van der Waals surface area (Å²) in [7, 11) is -2.23. The van der Waals surface area contributed by atoms with Crippen LogP contribution in [0.15, 0.2) is 30.3 Å². The van der Waals surface area contributed by atoms with Crippen LogP contribution in [-0.4, -0.2) is 56.6 Å². The molecule has 1 aromatic rings. The Morgan fingerprint density at radius 3 is 2.45 bits per heavy atom. The minimum atomic E-state index is -2.23. The molecule has 2 fully saturated rings. The fourth-order valence-corrected chi connectivity index (χ4v) is 4.73. The normalized spacial score (nSPS) is 33.1. The smallest absolute Gasteiger partial charge is 0.217 e. The molecule has 2 aliphatic heterocycles. The molecular weight excluding hydrogens is 390 g/mol. The summed E-state index contributed by atoms with van der Waals surface area (Å²) in [4.78, 5) is 11.8. The molecule has 7 nitrogen and oxygen atoms in total. The molecule has 2 saturated heterocycles. The van der Waals surface area contributed by atoms with E-state index in [4.69, 9.17) is 18.6 Å². The Balaban J connectivity index is 1.91. The number of aliphatic hydroxyl groups is 1. The standard InChI is InChI=1S/C21H33NO6Si/c1-13(23)22-16-18(28-29(5,6)21(2,3)4)17-15(26-19(16)24)12-25-20(27-17)14-10-8-7-9-11-14/h7-11,15-20,24H,12H2,1-6H3,(H,22,23). The molecule has 3 rings (SSSR count). The van der Waals surface area contributed by atoms with Crippen molar-refractivity contribution in [1.82, 2.24) is 5.32 Å². The molecule has 1 amide bonds. The highest BCUT2D eigenvalue weighted by molar-refractivity contribution is 6.74. The Morgan fingerprint density at radius 1 is 1.21 bits per heavy atom. The first-order chi connectivity index (χ1) is 13.5. The van der Waals surface area contributed by atoms with E-state index in [0.717, 1.165) is 5.56 Å². The predicted molar refractivity (Wildman–Crippen MR) is 111 cm³/mol. The van der Waals surface area contributed by atoms with Gasteiger partial charge < -0.3 is 29.1 Å². The van der Waals surface area contributed by atoms with Gasteiger partial charge in [0.1, 0.15) is 18.2 Å². The second-order valence-corrected chi connectivity index (χ2v) is 14.1. The fraction of sp³-hybridized carbons (Fsp3) is 0.667. The van der Waals surface area contributed by atoms with E-state index in [2.05, 4.69) is 39.2 Å². The summed E-state index contributed by atoms with van der Waals surface area (Å²) in [6, 6.07) is 8.96. The summed E-state index contributed by atoms with van der Waals surface area (Å²) in [5, 5.41) is 13.4. The van der Waals surface area contributed by atoms with Crippen LogP contribution < -0.4 is 5.32 Å². The Hall–Kier alpha value is -1.29. The molecule has 6 atom stereocenters. The van der Waals surface area contributed by atoms with Crippen LogP contribution in [0.25, 0.3) is 0 Å². The third-order valence-electron chi connectivity index (χ3n) is 6.04. The summed E-state index contributed by atoms with van der Waals surface area (Å²) < 4.78 is 24.6. The first-order valence-corrected chi connectivity index (χ1v) is 13.0. The van der Waals surface area contributed by atoms with Crippen molar-refractivity contribution >= 4 is 14.2 Å². The molecule has 162 valence electrons. The van der Waals surface area contributed by atoms with Gasteiger partial charge in [0.25, 0.3) is 0 Å². The molecule has 0 aromatic heterocycles. The largest absolute Gasteiger partial charge is 0.409 e. The molecule has 0 radical (unpaired) electrons. The summed E-state index contributed by atoms with van der Waals surface area (Å²) in [6.07, 6.45) is -3.27. The number of hydrogen-bond acceptors (Lipinski definition) is 6. The zero-order valence-electron chi connectivity index (χ0n) is 18.0. The van der Waals surface area contributed by atoms with Crippen LogP contribution in [0.3, 0.4) is 0 Å². The summed E-state index contributed by atoms with van der Waals surface area (Å²) >= 11 is 0. The maximum absolute atomic E-state index is 11.8. The third kappa shape index (κ3) is 4.90. The molecule has 0 aliphatic carbocycles. The number of ether oxygens (including phenoxy) is 3. The average molecular weight is 424 g/mol. The van der Waals surface area contributed by atoms with E-state index in [1.54, 1.807) is 0 Å². The number of aliphatic hydroxyl groups excluding tert-OH is 1. The van der Waals surface area contributed by atoms with Gasteiger partial charge in [-0.3, -0.25) is 4.79 Å². The monoisotopic (exact) mass is 423 g/mol. The van der Waals surface area contributed by atoms with Gasteiger partial charge in [-0.25, -0.2) is 0 Å². The number of nitrogens with one attached hydrogen (secondary N) is 1. The van der Waals surface area contributed by atoms with Crippen molar-refractivity contribution in [3.8, 4) is 0 Å². The second kappa shape index (κ2) is 8.45. The number of benzene rings is 1. The second-order valence-electron chi connectivity index (χ2n) is 9.31. The van der Waals surface area contributed by atoms with Crippen molar-refractivity contribution < 1.29 is 28.5 Å². The van der Waals surface area contributed by atoms with Gasteiger partial charge in [0.15, 0.2) is 20.9 Å². The Labute approximate surface area is 173 Å². The van der Waals surface area contributed by atoms with Gasteiger partial charge >= 0.3 is 0 Å². The van der Waals surface area contributed by atoms with E-state index in [1.165, 1.54) is 6.92 Å². The van der Waals surface area contributed by atoms with Gasteiger partial charge in [0, 0.05) is 12.5 Å². The highest BCUT2D eigenvalue weighted by Crippen LogP contribution is 2.41. The number of carbonyl (C=O) groups excluding carboxylic acids is 1. The van der Waals surface area contributed by atoms with Crippen LogP contribution in [0.5, 0.6) is 0 Å². The molecule has 6 unspecified atom stereocenters. The zero-order valence-corrected chi connectivity index (χ0v) is 19.0. The van der Waals surface area contributed by atoms with Gasteiger partial charge in [-0.1, -0.05) is 51.1 Å². The van der Waals surface area contributed by atoms with Gasteiger partial charge in [-0.15, -0.1) is 0 Å². The lowest BCUT2D eigenvalue weighted by Gasteiger charge is -2.51. The van der Waals surface area contributed by atoms with Crippen LogP contribution >= 0.6 is 0 Å². The lowest BCUT2D eigenvalue weighted by Crippen LogP contribution is -2.68. The predicted octanol–water partition coefficient (Wildman–Crippen LogP) is 2.71. The highest BCUT2D eigenvalue weighted by atomic mass is 28.4. The van der Waals surface area contributed by atoms with Crippen LogP contribution in [0.4, 0.5) is 0 Å².